The average molecular weight is 225 g/mol. The first kappa shape index (κ1) is 13.0. The van der Waals surface area contributed by atoms with E-state index in [1.807, 2.05) is 31.2 Å². The number of para-hydroxylation sites is 1. The Bertz CT molecular complexity index is 313. The Hall–Kier alpha value is -1.10. The second-order valence-corrected chi connectivity index (χ2v) is 3.59. The molecular formula is C12H19NO3. The molecule has 0 spiro atoms. The van der Waals surface area contributed by atoms with Gasteiger partial charge in [0.1, 0.15) is 0 Å². The van der Waals surface area contributed by atoms with E-state index >= 15 is 0 Å². The third-order valence-corrected chi connectivity index (χ3v) is 2.44. The highest BCUT2D eigenvalue weighted by molar-refractivity contribution is 5.51. The Morgan fingerprint density at radius 1 is 1.25 bits per heavy atom. The van der Waals surface area contributed by atoms with E-state index in [1.54, 1.807) is 14.2 Å². The zero-order valence-corrected chi connectivity index (χ0v) is 9.93. The number of anilines is 1. The Balaban J connectivity index is 2.71. The lowest BCUT2D eigenvalue weighted by Gasteiger charge is -2.24. The molecule has 1 aromatic rings. The number of benzene rings is 1. The summed E-state index contributed by atoms with van der Waals surface area (Å²) in [6.45, 7) is 1.98. The van der Waals surface area contributed by atoms with Gasteiger partial charge in [-0.15, -0.1) is 0 Å². The van der Waals surface area contributed by atoms with E-state index in [-0.39, 0.29) is 18.9 Å². The van der Waals surface area contributed by atoms with Crippen LogP contribution < -0.4 is 5.32 Å². The smallest absolute Gasteiger partial charge is 0.176 e. The van der Waals surface area contributed by atoms with E-state index < -0.39 is 0 Å². The third kappa shape index (κ3) is 3.20. The van der Waals surface area contributed by atoms with Gasteiger partial charge in [-0.3, -0.25) is 0 Å². The van der Waals surface area contributed by atoms with Crippen LogP contribution in [0.1, 0.15) is 12.5 Å². The molecule has 4 nitrogen and oxygen atoms in total. The molecule has 90 valence electrons. The zero-order chi connectivity index (χ0) is 12.0. The zero-order valence-electron chi connectivity index (χ0n) is 9.93. The number of hydrogen-bond acceptors (Lipinski definition) is 4. The standard InChI is InChI=1S/C12H19NO3/c1-9(12(15-2)16-3)13-11-7-5-4-6-10(11)8-14/h4-7,9,12-14H,8H2,1-3H3. The number of rotatable bonds is 6. The molecule has 0 aliphatic rings. The Labute approximate surface area is 96.2 Å². The van der Waals surface area contributed by atoms with Crippen molar-refractivity contribution in [2.45, 2.75) is 25.9 Å². The first-order valence-corrected chi connectivity index (χ1v) is 5.23. The predicted molar refractivity (Wildman–Crippen MR) is 63.3 cm³/mol. The average Bonchev–Trinajstić information content (AvgIpc) is 2.31. The molecule has 0 saturated heterocycles. The SMILES string of the molecule is COC(OC)C(C)Nc1ccccc1CO. The highest BCUT2D eigenvalue weighted by Gasteiger charge is 2.16. The Kier molecular flexibility index (Phi) is 5.25. The number of hydrogen-bond donors (Lipinski definition) is 2. The lowest BCUT2D eigenvalue weighted by Crippen LogP contribution is -2.34. The fourth-order valence-electron chi connectivity index (χ4n) is 1.62. The summed E-state index contributed by atoms with van der Waals surface area (Å²) in [7, 11) is 3.20. The summed E-state index contributed by atoms with van der Waals surface area (Å²) < 4.78 is 10.3. The van der Waals surface area contributed by atoms with Crippen LogP contribution in [0, 0.1) is 0 Å². The lowest BCUT2D eigenvalue weighted by atomic mass is 10.1. The monoisotopic (exact) mass is 225 g/mol. The maximum Gasteiger partial charge on any atom is 0.176 e. The minimum absolute atomic E-state index is 0.00250. The number of aliphatic hydroxyl groups excluding tert-OH is 1. The van der Waals surface area contributed by atoms with Gasteiger partial charge in [-0.25, -0.2) is 0 Å². The molecule has 0 fully saturated rings. The molecule has 0 bridgehead atoms. The predicted octanol–water partition coefficient (Wildman–Crippen LogP) is 1.60. The van der Waals surface area contributed by atoms with Crippen molar-refractivity contribution in [1.29, 1.82) is 0 Å². The minimum Gasteiger partial charge on any atom is -0.392 e. The summed E-state index contributed by atoms with van der Waals surface area (Å²) in [4.78, 5) is 0. The number of ether oxygens (including phenoxy) is 2. The molecule has 0 aliphatic heterocycles. The molecule has 0 radical (unpaired) electrons. The fraction of sp³-hybridized carbons (Fsp3) is 0.500. The molecule has 1 rings (SSSR count). The van der Waals surface area contributed by atoms with Crippen molar-refractivity contribution in [2.24, 2.45) is 0 Å². The lowest BCUT2D eigenvalue weighted by molar-refractivity contribution is -0.109. The van der Waals surface area contributed by atoms with Gasteiger partial charge >= 0.3 is 0 Å². The number of aliphatic hydroxyl groups is 1. The molecule has 1 atom stereocenters. The van der Waals surface area contributed by atoms with Crippen LogP contribution in [0.4, 0.5) is 5.69 Å². The number of nitrogens with one attached hydrogen (secondary N) is 1. The van der Waals surface area contributed by atoms with Crippen molar-refractivity contribution >= 4 is 5.69 Å². The van der Waals surface area contributed by atoms with Crippen molar-refractivity contribution in [2.75, 3.05) is 19.5 Å². The summed E-state index contributed by atoms with van der Waals surface area (Å²) in [6.07, 6.45) is -0.313. The van der Waals surface area contributed by atoms with Crippen LogP contribution in [0.15, 0.2) is 24.3 Å². The molecule has 0 aliphatic carbocycles. The van der Waals surface area contributed by atoms with Crippen LogP contribution in [-0.2, 0) is 16.1 Å². The molecular weight excluding hydrogens is 206 g/mol. The Morgan fingerprint density at radius 2 is 1.88 bits per heavy atom. The van der Waals surface area contributed by atoms with Gasteiger partial charge in [-0.05, 0) is 13.0 Å². The van der Waals surface area contributed by atoms with Gasteiger partial charge in [0.25, 0.3) is 0 Å². The van der Waals surface area contributed by atoms with E-state index in [9.17, 15) is 5.11 Å². The quantitative estimate of drug-likeness (QED) is 0.722. The molecule has 0 aromatic heterocycles. The maximum absolute atomic E-state index is 9.18. The molecule has 2 N–H and O–H groups in total. The minimum atomic E-state index is -0.313. The van der Waals surface area contributed by atoms with Gasteiger partial charge in [0, 0.05) is 25.5 Å². The van der Waals surface area contributed by atoms with Crippen LogP contribution >= 0.6 is 0 Å². The number of methoxy groups -OCH3 is 2. The molecule has 0 amide bonds. The summed E-state index contributed by atoms with van der Waals surface area (Å²) in [5.41, 5.74) is 1.76. The van der Waals surface area contributed by atoms with E-state index in [0.29, 0.717) is 0 Å². The molecule has 1 aromatic carbocycles. The molecule has 0 saturated carbocycles. The van der Waals surface area contributed by atoms with Gasteiger partial charge in [-0.2, -0.15) is 0 Å². The third-order valence-electron chi connectivity index (χ3n) is 2.44. The van der Waals surface area contributed by atoms with Gasteiger partial charge in [0.2, 0.25) is 0 Å². The molecule has 4 heteroatoms. The second-order valence-electron chi connectivity index (χ2n) is 3.59. The maximum atomic E-state index is 9.18. The van der Waals surface area contributed by atoms with Gasteiger partial charge < -0.3 is 19.9 Å². The first-order chi connectivity index (χ1) is 7.72. The van der Waals surface area contributed by atoms with Crippen molar-refractivity contribution in [1.82, 2.24) is 0 Å². The molecule has 1 unspecified atom stereocenters. The van der Waals surface area contributed by atoms with Crippen LogP contribution in [0.25, 0.3) is 0 Å². The van der Waals surface area contributed by atoms with Crippen LogP contribution in [0.5, 0.6) is 0 Å². The normalized spacial score (nSPS) is 12.8. The van der Waals surface area contributed by atoms with E-state index in [2.05, 4.69) is 5.32 Å². The van der Waals surface area contributed by atoms with Crippen LogP contribution in [-0.4, -0.2) is 31.7 Å². The highest BCUT2D eigenvalue weighted by atomic mass is 16.7. The van der Waals surface area contributed by atoms with E-state index in [4.69, 9.17) is 9.47 Å². The largest absolute Gasteiger partial charge is 0.392 e. The summed E-state index contributed by atoms with van der Waals surface area (Å²) in [5, 5.41) is 12.4. The summed E-state index contributed by atoms with van der Waals surface area (Å²) >= 11 is 0. The van der Waals surface area contributed by atoms with Crippen molar-refractivity contribution in [3.63, 3.8) is 0 Å². The second kappa shape index (κ2) is 6.48. The molecule has 16 heavy (non-hydrogen) atoms. The molecule has 0 heterocycles. The van der Waals surface area contributed by atoms with E-state index in [0.717, 1.165) is 11.3 Å². The van der Waals surface area contributed by atoms with Crippen molar-refractivity contribution < 1.29 is 14.6 Å². The first-order valence-electron chi connectivity index (χ1n) is 5.23. The van der Waals surface area contributed by atoms with Gasteiger partial charge in [-0.1, -0.05) is 18.2 Å². The van der Waals surface area contributed by atoms with Gasteiger partial charge in [0.05, 0.1) is 12.6 Å². The topological polar surface area (TPSA) is 50.7 Å². The summed E-state index contributed by atoms with van der Waals surface area (Å²) in [6, 6.07) is 7.62. The highest BCUT2D eigenvalue weighted by Crippen LogP contribution is 2.17. The van der Waals surface area contributed by atoms with Crippen LogP contribution in [0.2, 0.25) is 0 Å². The fourth-order valence-corrected chi connectivity index (χ4v) is 1.62. The summed E-state index contributed by atoms with van der Waals surface area (Å²) in [5.74, 6) is 0. The Morgan fingerprint density at radius 3 is 2.44 bits per heavy atom. The van der Waals surface area contributed by atoms with E-state index in [1.165, 1.54) is 0 Å². The van der Waals surface area contributed by atoms with Gasteiger partial charge in [0.15, 0.2) is 6.29 Å². The van der Waals surface area contributed by atoms with Crippen molar-refractivity contribution in [3.8, 4) is 0 Å². The van der Waals surface area contributed by atoms with Crippen molar-refractivity contribution in [3.05, 3.63) is 29.8 Å². The van der Waals surface area contributed by atoms with Crippen LogP contribution in [0.3, 0.4) is 0 Å².